The van der Waals surface area contributed by atoms with Gasteiger partial charge in [0.15, 0.2) is 5.96 Å². The molecule has 0 saturated carbocycles. The molecule has 2 aromatic rings. The van der Waals surface area contributed by atoms with Gasteiger partial charge in [-0.2, -0.15) is 0 Å². The molecule has 0 fully saturated rings. The van der Waals surface area contributed by atoms with E-state index in [0.29, 0.717) is 5.92 Å². The zero-order valence-electron chi connectivity index (χ0n) is 14.2. The monoisotopic (exact) mass is 398 g/mol. The first-order valence-electron chi connectivity index (χ1n) is 7.51. The van der Waals surface area contributed by atoms with Crippen LogP contribution in [-0.4, -0.2) is 36.7 Å². The number of thiophene rings is 1. The Labute approximate surface area is 149 Å². The van der Waals surface area contributed by atoms with Gasteiger partial charge < -0.3 is 14.7 Å². The molecule has 126 valence electrons. The Kier molecular flexibility index (Phi) is 6.24. The summed E-state index contributed by atoms with van der Waals surface area (Å²) in [6.07, 6.45) is 0. The van der Waals surface area contributed by atoms with E-state index in [2.05, 4.69) is 55.4 Å². The van der Waals surface area contributed by atoms with Crippen molar-refractivity contribution >= 4 is 33.2 Å². The zero-order chi connectivity index (χ0) is 17.0. The Hall–Kier alpha value is -1.34. The van der Waals surface area contributed by atoms with Gasteiger partial charge in [0, 0.05) is 37.0 Å². The smallest absolute Gasteiger partial charge is 0.193 e. The van der Waals surface area contributed by atoms with E-state index in [0.717, 1.165) is 34.3 Å². The summed E-state index contributed by atoms with van der Waals surface area (Å²) < 4.78 is 6.41. The highest BCUT2D eigenvalue weighted by molar-refractivity contribution is 9.11. The molecule has 0 saturated heterocycles. The lowest BCUT2D eigenvalue weighted by molar-refractivity contribution is 0.391. The van der Waals surface area contributed by atoms with Crippen LogP contribution in [0.5, 0.6) is 0 Å². The molecule has 0 aliphatic heterocycles. The summed E-state index contributed by atoms with van der Waals surface area (Å²) in [7, 11) is 3.85. The third-order valence-corrected chi connectivity index (χ3v) is 5.35. The van der Waals surface area contributed by atoms with Gasteiger partial charge in [0.2, 0.25) is 0 Å². The van der Waals surface area contributed by atoms with Crippen LogP contribution in [0.15, 0.2) is 25.4 Å². The van der Waals surface area contributed by atoms with E-state index in [-0.39, 0.29) is 0 Å². The highest BCUT2D eigenvalue weighted by Crippen LogP contribution is 2.24. The summed E-state index contributed by atoms with van der Waals surface area (Å²) in [6.45, 7) is 7.73. The molecule has 2 aromatic heterocycles. The first-order valence-corrected chi connectivity index (χ1v) is 9.12. The van der Waals surface area contributed by atoms with E-state index in [4.69, 9.17) is 4.52 Å². The van der Waals surface area contributed by atoms with E-state index < -0.39 is 0 Å². The fourth-order valence-electron chi connectivity index (χ4n) is 2.67. The zero-order valence-corrected chi connectivity index (χ0v) is 16.6. The van der Waals surface area contributed by atoms with Gasteiger partial charge in [-0.05, 0) is 41.9 Å². The number of aryl methyl sites for hydroxylation is 2. The van der Waals surface area contributed by atoms with Crippen molar-refractivity contribution in [2.45, 2.75) is 33.2 Å². The van der Waals surface area contributed by atoms with Crippen LogP contribution in [0.25, 0.3) is 0 Å². The van der Waals surface area contributed by atoms with Crippen LogP contribution in [-0.2, 0) is 6.54 Å². The van der Waals surface area contributed by atoms with Gasteiger partial charge in [-0.15, -0.1) is 11.3 Å². The van der Waals surface area contributed by atoms with Crippen molar-refractivity contribution in [2.24, 2.45) is 4.99 Å². The minimum atomic E-state index is 0.308. The Morgan fingerprint density at radius 2 is 2.22 bits per heavy atom. The second kappa shape index (κ2) is 7.97. The average Bonchev–Trinajstić information content (AvgIpc) is 3.05. The van der Waals surface area contributed by atoms with Crippen LogP contribution >= 0.6 is 27.3 Å². The van der Waals surface area contributed by atoms with Gasteiger partial charge >= 0.3 is 0 Å². The fourth-order valence-corrected chi connectivity index (χ4v) is 4.21. The van der Waals surface area contributed by atoms with Crippen molar-refractivity contribution in [1.82, 2.24) is 15.4 Å². The number of hydrogen-bond donors (Lipinski definition) is 1. The van der Waals surface area contributed by atoms with Crippen LogP contribution in [0.3, 0.4) is 0 Å². The number of hydrogen-bond acceptors (Lipinski definition) is 4. The Morgan fingerprint density at radius 3 is 2.74 bits per heavy atom. The molecule has 0 aromatic carbocycles. The summed E-state index contributed by atoms with van der Waals surface area (Å²) in [5, 5.41) is 7.47. The quantitative estimate of drug-likeness (QED) is 0.612. The summed E-state index contributed by atoms with van der Waals surface area (Å²) >= 11 is 5.24. The van der Waals surface area contributed by atoms with E-state index in [1.165, 1.54) is 10.4 Å². The number of nitrogens with zero attached hydrogens (tertiary/aromatic N) is 3. The highest BCUT2D eigenvalue weighted by Gasteiger charge is 2.17. The maximum Gasteiger partial charge on any atom is 0.193 e. The molecular weight excluding hydrogens is 376 g/mol. The normalized spacial score (nSPS) is 13.2. The summed E-state index contributed by atoms with van der Waals surface area (Å²) in [6, 6.07) is 4.20. The minimum Gasteiger partial charge on any atom is -0.361 e. The average molecular weight is 399 g/mol. The third-order valence-electron chi connectivity index (χ3n) is 3.74. The van der Waals surface area contributed by atoms with Gasteiger partial charge in [-0.25, -0.2) is 0 Å². The van der Waals surface area contributed by atoms with E-state index in [1.807, 2.05) is 27.9 Å². The summed E-state index contributed by atoms with van der Waals surface area (Å²) in [4.78, 5) is 7.79. The summed E-state index contributed by atoms with van der Waals surface area (Å²) in [5.41, 5.74) is 2.14. The first-order chi connectivity index (χ1) is 10.9. The van der Waals surface area contributed by atoms with Crippen molar-refractivity contribution in [1.29, 1.82) is 0 Å². The predicted molar refractivity (Wildman–Crippen MR) is 99.2 cm³/mol. The molecular formula is C16H23BrN4OS. The van der Waals surface area contributed by atoms with Gasteiger partial charge in [0.05, 0.1) is 16.0 Å². The van der Waals surface area contributed by atoms with E-state index >= 15 is 0 Å². The molecule has 0 amide bonds. The van der Waals surface area contributed by atoms with Crippen LogP contribution in [0, 0.1) is 13.8 Å². The Balaban J connectivity index is 1.94. The number of aliphatic imine (C=N–C) groups is 1. The third kappa shape index (κ3) is 4.57. The predicted octanol–water partition coefficient (Wildman–Crippen LogP) is 3.93. The first kappa shape index (κ1) is 18.0. The van der Waals surface area contributed by atoms with Crippen molar-refractivity contribution in [2.75, 3.05) is 20.6 Å². The minimum absolute atomic E-state index is 0.308. The fraction of sp³-hybridized carbons (Fsp3) is 0.500. The number of halogens is 1. The molecule has 23 heavy (non-hydrogen) atoms. The topological polar surface area (TPSA) is 53.7 Å². The van der Waals surface area contributed by atoms with Gasteiger partial charge in [-0.3, -0.25) is 4.99 Å². The van der Waals surface area contributed by atoms with E-state index in [9.17, 15) is 0 Å². The number of aromatic nitrogens is 1. The molecule has 0 aliphatic rings. The molecule has 1 atom stereocenters. The molecule has 2 rings (SSSR count). The van der Waals surface area contributed by atoms with Crippen LogP contribution in [0.4, 0.5) is 0 Å². The highest BCUT2D eigenvalue weighted by atomic mass is 79.9. The second-order valence-electron chi connectivity index (χ2n) is 5.63. The lowest BCUT2D eigenvalue weighted by Crippen LogP contribution is -2.40. The van der Waals surface area contributed by atoms with Crippen molar-refractivity contribution in [3.05, 3.63) is 37.8 Å². The molecule has 0 radical (unpaired) electrons. The second-order valence-corrected chi connectivity index (χ2v) is 8.18. The lowest BCUT2D eigenvalue weighted by atomic mass is 10.00. The molecule has 0 bridgehead atoms. The number of nitrogens with one attached hydrogen (secondary N) is 1. The SMILES string of the molecule is CN=C(NCC(C)c1c(C)noc1C)N(C)Cc1ccc(Br)s1. The van der Waals surface area contributed by atoms with Crippen molar-refractivity contribution < 1.29 is 4.52 Å². The van der Waals surface area contributed by atoms with Gasteiger partial charge in [0.25, 0.3) is 0 Å². The van der Waals surface area contributed by atoms with Crippen molar-refractivity contribution in [3.8, 4) is 0 Å². The largest absolute Gasteiger partial charge is 0.361 e. The van der Waals surface area contributed by atoms with Crippen LogP contribution < -0.4 is 5.32 Å². The molecule has 0 spiro atoms. The van der Waals surface area contributed by atoms with Crippen molar-refractivity contribution in [3.63, 3.8) is 0 Å². The van der Waals surface area contributed by atoms with Gasteiger partial charge in [-0.1, -0.05) is 12.1 Å². The maximum atomic E-state index is 5.26. The van der Waals surface area contributed by atoms with Gasteiger partial charge in [0.1, 0.15) is 5.76 Å². The molecule has 2 heterocycles. The molecule has 5 nitrogen and oxygen atoms in total. The Morgan fingerprint density at radius 1 is 1.48 bits per heavy atom. The maximum absolute atomic E-state index is 5.26. The Bertz CT molecular complexity index is 660. The lowest BCUT2D eigenvalue weighted by Gasteiger charge is -2.23. The molecule has 1 N–H and O–H groups in total. The standard InChI is InChI=1S/C16H23BrN4OS/c1-10(15-11(2)20-22-12(15)3)8-19-16(18-4)21(5)9-13-6-7-14(17)23-13/h6-7,10H,8-9H2,1-5H3,(H,18,19). The number of guanidine groups is 1. The number of rotatable bonds is 5. The van der Waals surface area contributed by atoms with E-state index in [1.54, 1.807) is 11.3 Å². The molecule has 1 unspecified atom stereocenters. The van der Waals surface area contributed by atoms with Crippen LogP contribution in [0.1, 0.15) is 34.7 Å². The molecule has 0 aliphatic carbocycles. The molecule has 7 heteroatoms. The van der Waals surface area contributed by atoms with Crippen LogP contribution in [0.2, 0.25) is 0 Å². The summed E-state index contributed by atoms with van der Waals surface area (Å²) in [5.74, 6) is 2.08.